The fourth-order valence-corrected chi connectivity index (χ4v) is 1.96. The van der Waals surface area contributed by atoms with E-state index >= 15 is 0 Å². The molecule has 0 aliphatic heterocycles. The smallest absolute Gasteiger partial charge is 0.428 e. The van der Waals surface area contributed by atoms with Crippen LogP contribution in [0.2, 0.25) is 0 Å². The number of esters is 1. The van der Waals surface area contributed by atoms with Crippen molar-refractivity contribution < 1.29 is 23.8 Å². The van der Waals surface area contributed by atoms with Gasteiger partial charge in [-0.1, -0.05) is 0 Å². The van der Waals surface area contributed by atoms with Crippen LogP contribution < -0.4 is 14.9 Å². The molecule has 0 aliphatic carbocycles. The second-order valence-electron chi connectivity index (χ2n) is 6.41. The SMILES string of the molecule is COc1cc(/C=N\NC(=O)OC(C)(C)C)ccc1OC(=O)c1ccncc1. The average Bonchev–Trinajstić information content (AvgIpc) is 2.62. The van der Waals surface area contributed by atoms with Crippen LogP contribution in [0.1, 0.15) is 36.7 Å². The van der Waals surface area contributed by atoms with Gasteiger partial charge >= 0.3 is 12.1 Å². The van der Waals surface area contributed by atoms with E-state index in [2.05, 4.69) is 15.5 Å². The fraction of sp³-hybridized carbons (Fsp3) is 0.263. The lowest BCUT2D eigenvalue weighted by atomic mass is 10.2. The third-order valence-corrected chi connectivity index (χ3v) is 3.07. The maximum absolute atomic E-state index is 12.1. The Morgan fingerprint density at radius 3 is 2.44 bits per heavy atom. The molecule has 0 saturated heterocycles. The van der Waals surface area contributed by atoms with Crippen molar-refractivity contribution in [1.29, 1.82) is 0 Å². The van der Waals surface area contributed by atoms with Crippen molar-refractivity contribution >= 4 is 18.3 Å². The highest BCUT2D eigenvalue weighted by Crippen LogP contribution is 2.28. The van der Waals surface area contributed by atoms with Gasteiger partial charge in [-0.25, -0.2) is 15.0 Å². The summed E-state index contributed by atoms with van der Waals surface area (Å²) >= 11 is 0. The molecule has 0 saturated carbocycles. The first-order valence-electron chi connectivity index (χ1n) is 8.11. The second kappa shape index (κ2) is 8.79. The molecule has 1 N–H and O–H groups in total. The summed E-state index contributed by atoms with van der Waals surface area (Å²) in [6.45, 7) is 5.27. The second-order valence-corrected chi connectivity index (χ2v) is 6.41. The number of rotatable bonds is 5. The first kappa shape index (κ1) is 19.9. The van der Waals surface area contributed by atoms with E-state index in [0.717, 1.165) is 0 Å². The molecule has 2 aromatic rings. The van der Waals surface area contributed by atoms with E-state index in [1.165, 1.54) is 25.7 Å². The average molecular weight is 371 g/mol. The Balaban J connectivity index is 2.04. The molecular weight excluding hydrogens is 350 g/mol. The van der Waals surface area contributed by atoms with Crippen molar-refractivity contribution in [1.82, 2.24) is 10.4 Å². The van der Waals surface area contributed by atoms with Crippen LogP contribution in [0.25, 0.3) is 0 Å². The monoisotopic (exact) mass is 371 g/mol. The van der Waals surface area contributed by atoms with Gasteiger partial charge < -0.3 is 14.2 Å². The van der Waals surface area contributed by atoms with Gasteiger partial charge in [0, 0.05) is 12.4 Å². The van der Waals surface area contributed by atoms with Crippen LogP contribution in [-0.4, -0.2) is 36.0 Å². The highest BCUT2D eigenvalue weighted by atomic mass is 16.6. The Hall–Kier alpha value is -3.42. The Labute approximate surface area is 157 Å². The number of pyridine rings is 1. The summed E-state index contributed by atoms with van der Waals surface area (Å²) in [5, 5.41) is 3.82. The minimum Gasteiger partial charge on any atom is -0.493 e. The highest BCUT2D eigenvalue weighted by Gasteiger charge is 2.15. The number of carbonyl (C=O) groups excluding carboxylic acids is 2. The number of hydrogen-bond acceptors (Lipinski definition) is 7. The summed E-state index contributed by atoms with van der Waals surface area (Å²) in [6, 6.07) is 7.97. The van der Waals surface area contributed by atoms with Crippen molar-refractivity contribution in [2.45, 2.75) is 26.4 Å². The molecule has 0 bridgehead atoms. The molecule has 2 rings (SSSR count). The van der Waals surface area contributed by atoms with Gasteiger partial charge in [0.2, 0.25) is 0 Å². The fourth-order valence-electron chi connectivity index (χ4n) is 1.96. The number of nitrogens with zero attached hydrogens (tertiary/aromatic N) is 2. The van der Waals surface area contributed by atoms with E-state index in [4.69, 9.17) is 14.2 Å². The van der Waals surface area contributed by atoms with E-state index < -0.39 is 17.7 Å². The van der Waals surface area contributed by atoms with Gasteiger partial charge in [0.25, 0.3) is 0 Å². The van der Waals surface area contributed by atoms with E-state index in [0.29, 0.717) is 16.9 Å². The van der Waals surface area contributed by atoms with E-state index in [1.54, 1.807) is 51.1 Å². The Morgan fingerprint density at radius 1 is 1.11 bits per heavy atom. The Morgan fingerprint density at radius 2 is 1.81 bits per heavy atom. The molecule has 1 aromatic heterocycles. The molecule has 0 fully saturated rings. The van der Waals surface area contributed by atoms with Crippen LogP contribution in [0, 0.1) is 0 Å². The molecule has 0 radical (unpaired) electrons. The van der Waals surface area contributed by atoms with Crippen molar-refractivity contribution in [2.24, 2.45) is 5.10 Å². The lowest BCUT2D eigenvalue weighted by Gasteiger charge is -2.18. The van der Waals surface area contributed by atoms with Crippen LogP contribution in [0.3, 0.4) is 0 Å². The van der Waals surface area contributed by atoms with Gasteiger partial charge in [-0.05, 0) is 56.7 Å². The minimum atomic E-state index is -0.659. The number of ether oxygens (including phenoxy) is 3. The van der Waals surface area contributed by atoms with E-state index in [-0.39, 0.29) is 5.75 Å². The topological polar surface area (TPSA) is 99.1 Å². The number of aromatic nitrogens is 1. The number of benzene rings is 1. The zero-order valence-corrected chi connectivity index (χ0v) is 15.6. The standard InChI is InChI=1S/C19H21N3O5/c1-19(2,3)27-18(24)22-21-12-13-5-6-15(16(11-13)25-4)26-17(23)14-7-9-20-10-8-14/h5-12H,1-4H3,(H,22,24)/b21-12-. The molecule has 0 unspecified atom stereocenters. The predicted molar refractivity (Wildman–Crippen MR) is 99.2 cm³/mol. The zero-order valence-electron chi connectivity index (χ0n) is 15.6. The molecule has 0 aliphatic rings. The summed E-state index contributed by atoms with van der Waals surface area (Å²) in [7, 11) is 1.46. The first-order chi connectivity index (χ1) is 12.8. The molecule has 27 heavy (non-hydrogen) atoms. The summed E-state index contributed by atoms with van der Waals surface area (Å²) < 4.78 is 15.7. The normalized spacial score (nSPS) is 11.1. The Bertz CT molecular complexity index is 829. The van der Waals surface area contributed by atoms with Gasteiger partial charge in [-0.2, -0.15) is 5.10 Å². The van der Waals surface area contributed by atoms with Crippen molar-refractivity contribution in [2.75, 3.05) is 7.11 Å². The van der Waals surface area contributed by atoms with Crippen molar-refractivity contribution in [3.05, 3.63) is 53.9 Å². The van der Waals surface area contributed by atoms with Gasteiger partial charge in [0.1, 0.15) is 5.60 Å². The van der Waals surface area contributed by atoms with E-state index in [1.807, 2.05) is 0 Å². The van der Waals surface area contributed by atoms with E-state index in [9.17, 15) is 9.59 Å². The number of amides is 1. The first-order valence-corrected chi connectivity index (χ1v) is 8.11. The number of hydrazone groups is 1. The zero-order chi connectivity index (χ0) is 19.9. The van der Waals surface area contributed by atoms with Crippen LogP contribution in [0.4, 0.5) is 4.79 Å². The molecule has 1 aromatic carbocycles. The maximum Gasteiger partial charge on any atom is 0.428 e. The molecule has 8 nitrogen and oxygen atoms in total. The third-order valence-electron chi connectivity index (χ3n) is 3.07. The lowest BCUT2D eigenvalue weighted by molar-refractivity contribution is 0.0529. The van der Waals surface area contributed by atoms with Crippen LogP contribution in [-0.2, 0) is 4.74 Å². The molecule has 1 amide bonds. The van der Waals surface area contributed by atoms with Crippen LogP contribution in [0.15, 0.2) is 47.8 Å². The number of carbonyl (C=O) groups is 2. The third kappa shape index (κ3) is 6.43. The predicted octanol–water partition coefficient (Wildman–Crippen LogP) is 3.17. The van der Waals surface area contributed by atoms with Gasteiger partial charge in [0.05, 0.1) is 18.9 Å². The molecule has 0 spiro atoms. The highest BCUT2D eigenvalue weighted by molar-refractivity contribution is 5.91. The molecular formula is C19H21N3O5. The molecule has 0 atom stereocenters. The molecule has 142 valence electrons. The summed E-state index contributed by atoms with van der Waals surface area (Å²) in [5.41, 5.74) is 2.67. The van der Waals surface area contributed by atoms with Crippen LogP contribution in [0.5, 0.6) is 11.5 Å². The summed E-state index contributed by atoms with van der Waals surface area (Å²) in [4.78, 5) is 27.5. The number of methoxy groups -OCH3 is 1. The van der Waals surface area contributed by atoms with Gasteiger partial charge in [-0.3, -0.25) is 4.98 Å². The van der Waals surface area contributed by atoms with Crippen molar-refractivity contribution in [3.63, 3.8) is 0 Å². The number of nitrogens with one attached hydrogen (secondary N) is 1. The minimum absolute atomic E-state index is 0.261. The van der Waals surface area contributed by atoms with Crippen molar-refractivity contribution in [3.8, 4) is 11.5 Å². The Kier molecular flexibility index (Phi) is 6.48. The lowest BCUT2D eigenvalue weighted by Crippen LogP contribution is -2.29. The largest absolute Gasteiger partial charge is 0.493 e. The summed E-state index contributed by atoms with van der Waals surface area (Å²) in [5.74, 6) is 0.0823. The van der Waals surface area contributed by atoms with Crippen LogP contribution >= 0.6 is 0 Å². The molecule has 1 heterocycles. The summed E-state index contributed by atoms with van der Waals surface area (Å²) in [6.07, 6.45) is 3.77. The molecule has 8 heteroatoms. The quantitative estimate of drug-likeness (QED) is 0.375. The van der Waals surface area contributed by atoms with Gasteiger partial charge in [-0.15, -0.1) is 0 Å². The van der Waals surface area contributed by atoms with Gasteiger partial charge in [0.15, 0.2) is 11.5 Å². The number of hydrogen-bond donors (Lipinski definition) is 1. The maximum atomic E-state index is 12.1.